The van der Waals surface area contributed by atoms with Crippen LogP contribution < -0.4 is 5.32 Å². The first kappa shape index (κ1) is 10.1. The molecule has 0 bridgehead atoms. The van der Waals surface area contributed by atoms with E-state index < -0.39 is 0 Å². The fourth-order valence-electron chi connectivity index (χ4n) is 1.12. The third-order valence-electron chi connectivity index (χ3n) is 2.14. The summed E-state index contributed by atoms with van der Waals surface area (Å²) >= 11 is 0. The average Bonchev–Trinajstić information content (AvgIpc) is 2.04. The molecular formula is C11H17NO. The summed E-state index contributed by atoms with van der Waals surface area (Å²) in [5.74, 6) is 0. The summed E-state index contributed by atoms with van der Waals surface area (Å²) in [6, 6.07) is 8.22. The van der Waals surface area contributed by atoms with E-state index in [0.717, 1.165) is 5.69 Å². The Hall–Kier alpha value is -1.02. The molecule has 0 aromatic heterocycles. The molecule has 2 heteroatoms. The van der Waals surface area contributed by atoms with Crippen LogP contribution in [0.25, 0.3) is 0 Å². The van der Waals surface area contributed by atoms with E-state index in [1.807, 2.05) is 19.1 Å². The molecule has 1 rings (SSSR count). The van der Waals surface area contributed by atoms with Gasteiger partial charge in [-0.05, 0) is 38.5 Å². The largest absolute Gasteiger partial charge is 0.391 e. The standard InChI is InChI=1S/C11H17NO/c1-8-5-4-6-11(7-8)12-9(2)10(3)13/h4-7,9-10,12-13H,1-3H3. The minimum absolute atomic E-state index is 0.0850. The Bertz CT molecular complexity index is 271. The first-order valence-corrected chi connectivity index (χ1v) is 4.61. The molecule has 0 radical (unpaired) electrons. The molecule has 1 aromatic carbocycles. The van der Waals surface area contributed by atoms with Crippen molar-refractivity contribution in [1.82, 2.24) is 0 Å². The van der Waals surface area contributed by atoms with Crippen LogP contribution in [0, 0.1) is 6.92 Å². The number of aliphatic hydroxyl groups excluding tert-OH is 1. The highest BCUT2D eigenvalue weighted by Gasteiger charge is 2.07. The number of rotatable bonds is 3. The van der Waals surface area contributed by atoms with E-state index in [0.29, 0.717) is 0 Å². The lowest BCUT2D eigenvalue weighted by atomic mass is 10.1. The Morgan fingerprint density at radius 2 is 2.00 bits per heavy atom. The number of hydrogen-bond donors (Lipinski definition) is 2. The van der Waals surface area contributed by atoms with Gasteiger partial charge in [0.1, 0.15) is 0 Å². The zero-order chi connectivity index (χ0) is 9.84. The maximum atomic E-state index is 9.29. The first-order chi connectivity index (χ1) is 6.09. The van der Waals surface area contributed by atoms with Crippen molar-refractivity contribution < 1.29 is 5.11 Å². The van der Waals surface area contributed by atoms with Crippen molar-refractivity contribution in [3.63, 3.8) is 0 Å². The van der Waals surface area contributed by atoms with Gasteiger partial charge in [-0.3, -0.25) is 0 Å². The van der Waals surface area contributed by atoms with Gasteiger partial charge in [-0.1, -0.05) is 12.1 Å². The quantitative estimate of drug-likeness (QED) is 0.745. The zero-order valence-electron chi connectivity index (χ0n) is 8.41. The number of anilines is 1. The monoisotopic (exact) mass is 179 g/mol. The molecule has 2 nitrogen and oxygen atoms in total. The van der Waals surface area contributed by atoms with Gasteiger partial charge < -0.3 is 10.4 Å². The highest BCUT2D eigenvalue weighted by Crippen LogP contribution is 2.11. The molecule has 0 amide bonds. The third-order valence-corrected chi connectivity index (χ3v) is 2.14. The fraction of sp³-hybridized carbons (Fsp3) is 0.455. The van der Waals surface area contributed by atoms with E-state index in [9.17, 15) is 5.11 Å². The summed E-state index contributed by atoms with van der Waals surface area (Å²) < 4.78 is 0. The van der Waals surface area contributed by atoms with Crippen molar-refractivity contribution >= 4 is 5.69 Å². The van der Waals surface area contributed by atoms with Crippen LogP contribution in [-0.2, 0) is 0 Å². The van der Waals surface area contributed by atoms with Crippen molar-refractivity contribution in [2.75, 3.05) is 5.32 Å². The van der Waals surface area contributed by atoms with E-state index in [2.05, 4.69) is 24.4 Å². The molecular weight excluding hydrogens is 162 g/mol. The summed E-state index contributed by atoms with van der Waals surface area (Å²) in [5.41, 5.74) is 2.29. The van der Waals surface area contributed by atoms with Crippen molar-refractivity contribution in [3.8, 4) is 0 Å². The lowest BCUT2D eigenvalue weighted by Crippen LogP contribution is -2.27. The summed E-state index contributed by atoms with van der Waals surface area (Å²) in [7, 11) is 0. The third kappa shape index (κ3) is 3.07. The molecule has 1 aromatic rings. The van der Waals surface area contributed by atoms with Crippen molar-refractivity contribution in [1.29, 1.82) is 0 Å². The molecule has 0 spiro atoms. The summed E-state index contributed by atoms with van der Waals surface area (Å²) in [6.45, 7) is 5.80. The maximum Gasteiger partial charge on any atom is 0.0710 e. The number of aryl methyl sites for hydroxylation is 1. The van der Waals surface area contributed by atoms with Gasteiger partial charge in [0.25, 0.3) is 0 Å². The highest BCUT2D eigenvalue weighted by molar-refractivity contribution is 5.46. The van der Waals surface area contributed by atoms with Gasteiger partial charge in [0.15, 0.2) is 0 Å². The number of benzene rings is 1. The van der Waals surface area contributed by atoms with E-state index in [4.69, 9.17) is 0 Å². The van der Waals surface area contributed by atoms with Gasteiger partial charge in [0.05, 0.1) is 6.10 Å². The maximum absolute atomic E-state index is 9.29. The Morgan fingerprint density at radius 1 is 1.31 bits per heavy atom. The number of aliphatic hydroxyl groups is 1. The van der Waals surface area contributed by atoms with Crippen LogP contribution in [0.2, 0.25) is 0 Å². The van der Waals surface area contributed by atoms with Crippen LogP contribution in [0.15, 0.2) is 24.3 Å². The fourth-order valence-corrected chi connectivity index (χ4v) is 1.12. The second kappa shape index (κ2) is 4.28. The molecule has 0 aliphatic heterocycles. The zero-order valence-corrected chi connectivity index (χ0v) is 8.41. The van der Waals surface area contributed by atoms with Gasteiger partial charge in [-0.2, -0.15) is 0 Å². The molecule has 13 heavy (non-hydrogen) atoms. The normalized spacial score (nSPS) is 15.1. The molecule has 72 valence electrons. The SMILES string of the molecule is Cc1cccc(NC(C)C(C)O)c1. The second-order valence-electron chi connectivity index (χ2n) is 3.54. The minimum atomic E-state index is -0.333. The molecule has 2 N–H and O–H groups in total. The second-order valence-corrected chi connectivity index (χ2v) is 3.54. The molecule has 0 aliphatic rings. The molecule has 0 saturated heterocycles. The summed E-state index contributed by atoms with van der Waals surface area (Å²) in [6.07, 6.45) is -0.333. The predicted molar refractivity (Wildman–Crippen MR) is 55.9 cm³/mol. The van der Waals surface area contributed by atoms with E-state index >= 15 is 0 Å². The number of nitrogens with one attached hydrogen (secondary N) is 1. The van der Waals surface area contributed by atoms with Crippen molar-refractivity contribution in [3.05, 3.63) is 29.8 Å². The van der Waals surface area contributed by atoms with Gasteiger partial charge in [0.2, 0.25) is 0 Å². The van der Waals surface area contributed by atoms with Gasteiger partial charge in [-0.15, -0.1) is 0 Å². The van der Waals surface area contributed by atoms with Gasteiger partial charge in [0, 0.05) is 11.7 Å². The summed E-state index contributed by atoms with van der Waals surface area (Å²) in [5, 5.41) is 12.5. The van der Waals surface area contributed by atoms with Crippen LogP contribution in [0.1, 0.15) is 19.4 Å². The van der Waals surface area contributed by atoms with E-state index in [1.165, 1.54) is 5.56 Å². The summed E-state index contributed by atoms with van der Waals surface area (Å²) in [4.78, 5) is 0. The van der Waals surface area contributed by atoms with Gasteiger partial charge in [-0.25, -0.2) is 0 Å². The van der Waals surface area contributed by atoms with Crippen LogP contribution in [0.3, 0.4) is 0 Å². The Labute approximate surface area is 79.6 Å². The Kier molecular flexibility index (Phi) is 3.32. The van der Waals surface area contributed by atoms with Crippen molar-refractivity contribution in [2.45, 2.75) is 32.9 Å². The minimum Gasteiger partial charge on any atom is -0.391 e. The smallest absolute Gasteiger partial charge is 0.0710 e. The van der Waals surface area contributed by atoms with Crippen LogP contribution in [-0.4, -0.2) is 17.3 Å². The van der Waals surface area contributed by atoms with Gasteiger partial charge >= 0.3 is 0 Å². The molecule has 0 saturated carbocycles. The van der Waals surface area contributed by atoms with E-state index in [1.54, 1.807) is 6.92 Å². The van der Waals surface area contributed by atoms with Crippen LogP contribution in [0.4, 0.5) is 5.69 Å². The molecule has 0 aliphatic carbocycles. The van der Waals surface area contributed by atoms with Crippen LogP contribution in [0.5, 0.6) is 0 Å². The van der Waals surface area contributed by atoms with E-state index in [-0.39, 0.29) is 12.1 Å². The number of hydrogen-bond acceptors (Lipinski definition) is 2. The molecule has 2 unspecified atom stereocenters. The lowest BCUT2D eigenvalue weighted by Gasteiger charge is -2.17. The highest BCUT2D eigenvalue weighted by atomic mass is 16.3. The molecule has 0 heterocycles. The Balaban J connectivity index is 2.64. The Morgan fingerprint density at radius 3 is 2.54 bits per heavy atom. The molecule has 0 fully saturated rings. The van der Waals surface area contributed by atoms with Crippen molar-refractivity contribution in [2.24, 2.45) is 0 Å². The predicted octanol–water partition coefficient (Wildman–Crippen LogP) is 2.18. The molecule has 2 atom stereocenters. The topological polar surface area (TPSA) is 32.3 Å². The first-order valence-electron chi connectivity index (χ1n) is 4.61. The van der Waals surface area contributed by atoms with Crippen LogP contribution >= 0.6 is 0 Å². The average molecular weight is 179 g/mol. The lowest BCUT2D eigenvalue weighted by molar-refractivity contribution is 0.178.